The Bertz CT molecular complexity index is 1130. The number of likely N-dealkylation sites (N-methyl/N-ethyl adjacent to an activating group) is 1. The second-order valence-corrected chi connectivity index (χ2v) is 7.99. The molecular weight excluding hydrogens is 395 g/mol. The summed E-state index contributed by atoms with van der Waals surface area (Å²) in [4.78, 5) is 27.1. The fourth-order valence-corrected chi connectivity index (χ4v) is 4.06. The maximum Gasteiger partial charge on any atom is 0.274 e. The summed E-state index contributed by atoms with van der Waals surface area (Å²) in [5, 5.41) is 7.45. The SMILES string of the molecule is Cc1cccc(C)c1NC(=O)CN(C)C(=O)c1nn(-c2ccc(F)cc2)c2c1CCC2. The Hall–Kier alpha value is -3.48. The van der Waals surface area contributed by atoms with E-state index in [1.807, 2.05) is 32.0 Å². The maximum atomic E-state index is 13.3. The van der Waals surface area contributed by atoms with Gasteiger partial charge in [0.15, 0.2) is 5.69 Å². The monoisotopic (exact) mass is 420 g/mol. The third kappa shape index (κ3) is 4.08. The van der Waals surface area contributed by atoms with Crippen LogP contribution in [0.5, 0.6) is 0 Å². The molecule has 0 saturated heterocycles. The number of para-hydroxylation sites is 1. The molecule has 7 heteroatoms. The van der Waals surface area contributed by atoms with E-state index in [4.69, 9.17) is 0 Å². The number of halogens is 1. The molecule has 6 nitrogen and oxygen atoms in total. The fourth-order valence-electron chi connectivity index (χ4n) is 4.06. The van der Waals surface area contributed by atoms with Crippen molar-refractivity contribution in [1.29, 1.82) is 0 Å². The van der Waals surface area contributed by atoms with E-state index in [1.54, 1.807) is 23.9 Å². The number of amides is 2. The molecule has 0 spiro atoms. The van der Waals surface area contributed by atoms with E-state index in [9.17, 15) is 14.0 Å². The van der Waals surface area contributed by atoms with Crippen molar-refractivity contribution in [3.8, 4) is 5.69 Å². The van der Waals surface area contributed by atoms with E-state index < -0.39 is 0 Å². The van der Waals surface area contributed by atoms with E-state index >= 15 is 0 Å². The van der Waals surface area contributed by atoms with Crippen LogP contribution in [0.1, 0.15) is 39.3 Å². The van der Waals surface area contributed by atoms with Crippen molar-refractivity contribution in [2.75, 3.05) is 18.9 Å². The molecule has 0 saturated carbocycles. The first-order chi connectivity index (χ1) is 14.8. The van der Waals surface area contributed by atoms with Crippen LogP contribution in [0, 0.1) is 19.7 Å². The van der Waals surface area contributed by atoms with Crippen LogP contribution in [0.2, 0.25) is 0 Å². The van der Waals surface area contributed by atoms with Gasteiger partial charge in [0, 0.05) is 24.0 Å². The van der Waals surface area contributed by atoms with Gasteiger partial charge in [0.2, 0.25) is 5.91 Å². The number of nitrogens with one attached hydrogen (secondary N) is 1. The first kappa shape index (κ1) is 20.8. The number of carbonyl (C=O) groups excluding carboxylic acids is 2. The molecule has 2 aromatic carbocycles. The smallest absolute Gasteiger partial charge is 0.274 e. The fraction of sp³-hybridized carbons (Fsp3) is 0.292. The van der Waals surface area contributed by atoms with E-state index in [-0.39, 0.29) is 24.2 Å². The molecule has 4 rings (SSSR count). The molecule has 0 bridgehead atoms. The van der Waals surface area contributed by atoms with Gasteiger partial charge >= 0.3 is 0 Å². The minimum atomic E-state index is -0.321. The summed E-state index contributed by atoms with van der Waals surface area (Å²) in [6, 6.07) is 11.9. The molecule has 1 aromatic heterocycles. The summed E-state index contributed by atoms with van der Waals surface area (Å²) in [7, 11) is 1.60. The molecule has 1 N–H and O–H groups in total. The van der Waals surface area contributed by atoms with Gasteiger partial charge in [-0.25, -0.2) is 9.07 Å². The van der Waals surface area contributed by atoms with E-state index in [1.165, 1.54) is 17.0 Å². The highest BCUT2D eigenvalue weighted by Crippen LogP contribution is 2.28. The van der Waals surface area contributed by atoms with Crippen molar-refractivity contribution >= 4 is 17.5 Å². The third-order valence-electron chi connectivity index (χ3n) is 5.68. The van der Waals surface area contributed by atoms with Crippen LogP contribution in [0.25, 0.3) is 5.69 Å². The van der Waals surface area contributed by atoms with Gasteiger partial charge in [0.05, 0.1) is 12.2 Å². The number of nitrogens with zero attached hydrogens (tertiary/aromatic N) is 3. The molecular formula is C24H25FN4O2. The summed E-state index contributed by atoms with van der Waals surface area (Å²) in [6.45, 7) is 3.79. The van der Waals surface area contributed by atoms with Crippen LogP contribution in [0.15, 0.2) is 42.5 Å². The van der Waals surface area contributed by atoms with Gasteiger partial charge in [-0.15, -0.1) is 0 Å². The summed E-state index contributed by atoms with van der Waals surface area (Å²) >= 11 is 0. The zero-order valence-electron chi connectivity index (χ0n) is 17.9. The van der Waals surface area contributed by atoms with Crippen LogP contribution in [0.4, 0.5) is 10.1 Å². The third-order valence-corrected chi connectivity index (χ3v) is 5.68. The van der Waals surface area contributed by atoms with E-state index in [2.05, 4.69) is 10.4 Å². The lowest BCUT2D eigenvalue weighted by atomic mass is 10.1. The number of benzene rings is 2. The zero-order chi connectivity index (χ0) is 22.1. The summed E-state index contributed by atoms with van der Waals surface area (Å²) in [6.07, 6.45) is 2.51. The van der Waals surface area contributed by atoms with Gasteiger partial charge in [-0.1, -0.05) is 18.2 Å². The molecule has 3 aromatic rings. The Morgan fingerprint density at radius 1 is 1.10 bits per heavy atom. The molecule has 160 valence electrons. The van der Waals surface area contributed by atoms with Gasteiger partial charge in [-0.3, -0.25) is 9.59 Å². The largest absolute Gasteiger partial charge is 0.331 e. The van der Waals surface area contributed by atoms with Gasteiger partial charge in [-0.2, -0.15) is 5.10 Å². The highest BCUT2D eigenvalue weighted by molar-refractivity contribution is 5.99. The maximum absolute atomic E-state index is 13.3. The van der Waals surface area contributed by atoms with Crippen LogP contribution >= 0.6 is 0 Å². The second kappa shape index (κ2) is 8.34. The Morgan fingerprint density at radius 3 is 2.45 bits per heavy atom. The Morgan fingerprint density at radius 2 is 1.77 bits per heavy atom. The van der Waals surface area contributed by atoms with Crippen LogP contribution in [-0.2, 0) is 17.6 Å². The number of aryl methyl sites for hydroxylation is 2. The number of rotatable bonds is 5. The number of fused-ring (bicyclic) bond motifs is 1. The summed E-state index contributed by atoms with van der Waals surface area (Å²) in [5.41, 5.74) is 5.68. The number of aromatic nitrogens is 2. The zero-order valence-corrected chi connectivity index (χ0v) is 17.9. The number of hydrogen-bond donors (Lipinski definition) is 1. The van der Waals surface area contributed by atoms with Crippen molar-refractivity contribution in [3.05, 3.63) is 76.4 Å². The predicted molar refractivity (Wildman–Crippen MR) is 117 cm³/mol. The number of carbonyl (C=O) groups is 2. The lowest BCUT2D eigenvalue weighted by Crippen LogP contribution is -2.35. The van der Waals surface area contributed by atoms with Crippen molar-refractivity contribution < 1.29 is 14.0 Å². The minimum absolute atomic E-state index is 0.0786. The molecule has 0 fully saturated rings. The lowest BCUT2D eigenvalue weighted by Gasteiger charge is -2.17. The highest BCUT2D eigenvalue weighted by atomic mass is 19.1. The van der Waals surface area contributed by atoms with Crippen molar-refractivity contribution in [3.63, 3.8) is 0 Å². The van der Waals surface area contributed by atoms with Crippen molar-refractivity contribution in [1.82, 2.24) is 14.7 Å². The number of anilines is 1. The van der Waals surface area contributed by atoms with Gasteiger partial charge in [0.25, 0.3) is 5.91 Å². The summed E-state index contributed by atoms with van der Waals surface area (Å²) < 4.78 is 15.0. The van der Waals surface area contributed by atoms with Crippen LogP contribution < -0.4 is 5.32 Å². The highest BCUT2D eigenvalue weighted by Gasteiger charge is 2.29. The normalized spacial score (nSPS) is 12.5. The lowest BCUT2D eigenvalue weighted by molar-refractivity contribution is -0.116. The second-order valence-electron chi connectivity index (χ2n) is 7.99. The first-order valence-electron chi connectivity index (χ1n) is 10.3. The molecule has 1 heterocycles. The van der Waals surface area contributed by atoms with Crippen LogP contribution in [0.3, 0.4) is 0 Å². The van der Waals surface area contributed by atoms with Gasteiger partial charge < -0.3 is 10.2 Å². The average Bonchev–Trinajstić information content (AvgIpc) is 3.34. The molecule has 0 atom stereocenters. The molecule has 31 heavy (non-hydrogen) atoms. The number of hydrogen-bond acceptors (Lipinski definition) is 3. The molecule has 1 aliphatic carbocycles. The standard InChI is InChI=1S/C24H25FN4O2/c1-15-6-4-7-16(2)22(15)26-21(30)14-28(3)24(31)23-19-8-5-9-20(19)29(27-23)18-12-10-17(25)11-13-18/h4,6-7,10-13H,5,8-9,14H2,1-3H3,(H,26,30). The Kier molecular flexibility index (Phi) is 5.59. The molecule has 0 radical (unpaired) electrons. The van der Waals surface area contributed by atoms with Gasteiger partial charge in [0.1, 0.15) is 5.82 Å². The quantitative estimate of drug-likeness (QED) is 0.682. The van der Waals surface area contributed by atoms with E-state index in [0.717, 1.165) is 47.3 Å². The topological polar surface area (TPSA) is 67.2 Å². The van der Waals surface area contributed by atoms with Crippen molar-refractivity contribution in [2.45, 2.75) is 33.1 Å². The van der Waals surface area contributed by atoms with Crippen molar-refractivity contribution in [2.24, 2.45) is 0 Å². The Labute approximate surface area is 180 Å². The minimum Gasteiger partial charge on any atom is -0.331 e. The van der Waals surface area contributed by atoms with E-state index in [0.29, 0.717) is 11.4 Å². The molecule has 2 amide bonds. The predicted octanol–water partition coefficient (Wildman–Crippen LogP) is 3.83. The first-order valence-corrected chi connectivity index (χ1v) is 10.3. The molecule has 0 unspecified atom stereocenters. The molecule has 1 aliphatic rings. The average molecular weight is 420 g/mol. The summed E-state index contributed by atoms with van der Waals surface area (Å²) in [5.74, 6) is -0.878. The van der Waals surface area contributed by atoms with Gasteiger partial charge in [-0.05, 0) is 68.5 Å². The van der Waals surface area contributed by atoms with Crippen LogP contribution in [-0.4, -0.2) is 40.1 Å². The molecule has 0 aliphatic heterocycles. The Balaban J connectivity index is 1.53.